The van der Waals surface area contributed by atoms with Crippen LogP contribution < -0.4 is 10.2 Å². The summed E-state index contributed by atoms with van der Waals surface area (Å²) < 4.78 is 5.84. The number of hydrogen-bond acceptors (Lipinski definition) is 6. The maximum absolute atomic E-state index is 12.6. The number of anilines is 1. The summed E-state index contributed by atoms with van der Waals surface area (Å²) in [5.41, 5.74) is 3.52. The van der Waals surface area contributed by atoms with Crippen LogP contribution >= 0.6 is 11.3 Å². The number of amides is 2. The van der Waals surface area contributed by atoms with Crippen molar-refractivity contribution in [3.8, 4) is 0 Å². The normalized spacial score (nSPS) is 21.8. The highest BCUT2D eigenvalue weighted by atomic mass is 32.1. The number of aromatic amines is 1. The molecule has 1 aromatic carbocycles. The molecule has 8 nitrogen and oxygen atoms in total. The Labute approximate surface area is 202 Å². The molecule has 0 spiro atoms. The first-order valence-electron chi connectivity index (χ1n) is 11.9. The summed E-state index contributed by atoms with van der Waals surface area (Å²) in [6.45, 7) is 7.77. The monoisotopic (exact) mass is 479 g/mol. The molecule has 2 fully saturated rings. The van der Waals surface area contributed by atoms with Gasteiger partial charge in [-0.1, -0.05) is 17.4 Å². The number of morpholine rings is 1. The van der Waals surface area contributed by atoms with E-state index in [1.165, 1.54) is 16.9 Å². The van der Waals surface area contributed by atoms with Gasteiger partial charge in [-0.15, -0.1) is 0 Å². The highest BCUT2D eigenvalue weighted by Crippen LogP contribution is 2.34. The predicted octanol–water partition coefficient (Wildman–Crippen LogP) is 2.98. The summed E-state index contributed by atoms with van der Waals surface area (Å²) in [7, 11) is 0. The molecule has 0 radical (unpaired) electrons. The number of nitrogens with one attached hydrogen (secondary N) is 2. The maximum Gasteiger partial charge on any atom is 0.263 e. The first kappa shape index (κ1) is 21.6. The quantitative estimate of drug-likeness (QED) is 0.601. The third kappa shape index (κ3) is 3.76. The second-order valence-corrected chi connectivity index (χ2v) is 11.1. The molecule has 34 heavy (non-hydrogen) atoms. The number of H-pyrrole nitrogens is 1. The van der Waals surface area contributed by atoms with Gasteiger partial charge in [0.2, 0.25) is 0 Å². The van der Waals surface area contributed by atoms with E-state index < -0.39 is 0 Å². The molecule has 3 aromatic rings. The fraction of sp³-hybridized carbons (Fsp3) is 0.480. The molecule has 2 aromatic heterocycles. The Hall–Kier alpha value is -2.91. The number of benzene rings is 1. The minimum Gasteiger partial charge on any atom is -0.377 e. The summed E-state index contributed by atoms with van der Waals surface area (Å²) in [5, 5.41) is 5.11. The Balaban J connectivity index is 1.25. The summed E-state index contributed by atoms with van der Waals surface area (Å²) >= 11 is 1.48. The van der Waals surface area contributed by atoms with Crippen molar-refractivity contribution in [2.75, 3.05) is 37.7 Å². The molecule has 178 valence electrons. The molecule has 0 bridgehead atoms. The Morgan fingerprint density at radius 1 is 1.29 bits per heavy atom. The number of carbonyl (C=O) groups is 2. The van der Waals surface area contributed by atoms with Crippen LogP contribution in [0.1, 0.15) is 51.6 Å². The zero-order valence-corrected chi connectivity index (χ0v) is 20.3. The van der Waals surface area contributed by atoms with Crippen LogP contribution in [0.4, 0.5) is 5.13 Å². The molecule has 9 heteroatoms. The van der Waals surface area contributed by atoms with Gasteiger partial charge in [-0.25, -0.2) is 4.98 Å². The van der Waals surface area contributed by atoms with Crippen molar-refractivity contribution < 1.29 is 14.3 Å². The highest BCUT2D eigenvalue weighted by molar-refractivity contribution is 7.17. The van der Waals surface area contributed by atoms with E-state index in [0.717, 1.165) is 71.1 Å². The molecule has 1 atom stereocenters. The first-order valence-corrected chi connectivity index (χ1v) is 12.8. The van der Waals surface area contributed by atoms with Crippen LogP contribution in [0, 0.1) is 0 Å². The fourth-order valence-corrected chi connectivity index (χ4v) is 6.18. The third-order valence-electron chi connectivity index (χ3n) is 7.04. The van der Waals surface area contributed by atoms with Crippen LogP contribution in [0.15, 0.2) is 24.4 Å². The van der Waals surface area contributed by atoms with Crippen molar-refractivity contribution >= 4 is 39.2 Å². The lowest BCUT2D eigenvalue weighted by atomic mass is 9.94. The Morgan fingerprint density at radius 2 is 2.15 bits per heavy atom. The molecule has 2 amide bonds. The summed E-state index contributed by atoms with van der Waals surface area (Å²) in [4.78, 5) is 38.4. The Kier molecular flexibility index (Phi) is 5.14. The van der Waals surface area contributed by atoms with Gasteiger partial charge in [-0.05, 0) is 44.4 Å². The molecule has 0 saturated carbocycles. The molecule has 1 unspecified atom stereocenters. The van der Waals surface area contributed by atoms with E-state index in [9.17, 15) is 9.59 Å². The minimum atomic E-state index is -0.278. The van der Waals surface area contributed by atoms with Crippen molar-refractivity contribution in [2.45, 2.75) is 44.7 Å². The van der Waals surface area contributed by atoms with Crippen LogP contribution in [0.2, 0.25) is 0 Å². The van der Waals surface area contributed by atoms with Crippen LogP contribution in [0.5, 0.6) is 0 Å². The van der Waals surface area contributed by atoms with Crippen LogP contribution in [0.25, 0.3) is 10.9 Å². The van der Waals surface area contributed by atoms with Gasteiger partial charge in [0.15, 0.2) is 5.13 Å². The van der Waals surface area contributed by atoms with Gasteiger partial charge in [-0.2, -0.15) is 0 Å². The van der Waals surface area contributed by atoms with Gasteiger partial charge in [0.25, 0.3) is 11.8 Å². The van der Waals surface area contributed by atoms with Crippen LogP contribution in [-0.4, -0.2) is 71.1 Å². The molecule has 6 rings (SSSR count). The zero-order chi connectivity index (χ0) is 23.4. The molecule has 2 N–H and O–H groups in total. The van der Waals surface area contributed by atoms with E-state index >= 15 is 0 Å². The van der Waals surface area contributed by atoms with Crippen molar-refractivity contribution in [1.29, 1.82) is 0 Å². The summed E-state index contributed by atoms with van der Waals surface area (Å²) in [6.07, 6.45) is 4.66. The number of ether oxygens (including phenoxy) is 1. The number of carbonyl (C=O) groups excluding carboxylic acids is 2. The number of hydrogen-bond donors (Lipinski definition) is 2. The molecule has 3 aliphatic rings. The van der Waals surface area contributed by atoms with E-state index in [1.54, 1.807) is 0 Å². The lowest BCUT2D eigenvalue weighted by Gasteiger charge is -2.35. The Bertz CT molecular complexity index is 1270. The second-order valence-electron chi connectivity index (χ2n) is 10.1. The number of likely N-dealkylation sites (tertiary alicyclic amines) is 1. The van der Waals surface area contributed by atoms with Gasteiger partial charge in [0.1, 0.15) is 4.88 Å². The molecule has 3 aliphatic heterocycles. The van der Waals surface area contributed by atoms with E-state index in [2.05, 4.69) is 21.3 Å². The number of nitrogens with zero attached hydrogens (tertiary/aromatic N) is 3. The summed E-state index contributed by atoms with van der Waals surface area (Å²) in [5.74, 6) is 0.0797. The Morgan fingerprint density at radius 3 is 2.94 bits per heavy atom. The third-order valence-corrected chi connectivity index (χ3v) is 8.17. The largest absolute Gasteiger partial charge is 0.377 e. The average Bonchev–Trinajstić information content (AvgIpc) is 3.36. The lowest BCUT2D eigenvalue weighted by molar-refractivity contribution is 0.0651. The molecule has 2 saturated heterocycles. The van der Waals surface area contributed by atoms with Crippen molar-refractivity contribution in [3.05, 3.63) is 46.1 Å². The van der Waals surface area contributed by atoms with E-state index in [-0.39, 0.29) is 23.4 Å². The van der Waals surface area contributed by atoms with E-state index in [1.807, 2.05) is 37.1 Å². The first-order chi connectivity index (χ1) is 16.4. The SMILES string of the molecule is CC1(C)Cc2nc(N3CCOCC3Cc3c[nH]c4cc(C(=O)N5CCC5)ccc34)sc2C(=O)N1. The van der Waals surface area contributed by atoms with Crippen molar-refractivity contribution in [1.82, 2.24) is 20.2 Å². The highest BCUT2D eigenvalue weighted by Gasteiger charge is 2.35. The van der Waals surface area contributed by atoms with Gasteiger partial charge < -0.3 is 24.8 Å². The van der Waals surface area contributed by atoms with E-state index in [0.29, 0.717) is 13.2 Å². The molecule has 5 heterocycles. The standard InChI is InChI=1S/C25H29N5O3S/c1-25(2)12-20-21(22(31)28-25)34-24(27-20)30-8-9-33-14-17(30)10-16-13-26-19-11-15(4-5-18(16)19)23(32)29-6-3-7-29/h4-5,11,13,17,26H,3,6-10,12,14H2,1-2H3,(H,28,31). The maximum atomic E-state index is 12.6. The number of thiazole rings is 1. The summed E-state index contributed by atoms with van der Waals surface area (Å²) in [6, 6.07) is 6.07. The van der Waals surface area contributed by atoms with Crippen molar-refractivity contribution in [3.63, 3.8) is 0 Å². The lowest BCUT2D eigenvalue weighted by Crippen LogP contribution is -2.48. The second kappa shape index (κ2) is 8.09. The average molecular weight is 480 g/mol. The van der Waals surface area contributed by atoms with Crippen molar-refractivity contribution in [2.24, 2.45) is 0 Å². The van der Waals surface area contributed by atoms with Gasteiger partial charge in [0, 0.05) is 54.3 Å². The van der Waals surface area contributed by atoms with Gasteiger partial charge in [0.05, 0.1) is 24.9 Å². The minimum absolute atomic E-state index is 0.0278. The fourth-order valence-electron chi connectivity index (χ4n) is 5.11. The predicted molar refractivity (Wildman–Crippen MR) is 132 cm³/mol. The number of fused-ring (bicyclic) bond motifs is 2. The van der Waals surface area contributed by atoms with E-state index in [4.69, 9.17) is 9.72 Å². The number of rotatable bonds is 4. The van der Waals surface area contributed by atoms with Gasteiger partial charge >= 0.3 is 0 Å². The molecular formula is C25H29N5O3S. The van der Waals surface area contributed by atoms with Crippen LogP contribution in [-0.2, 0) is 17.6 Å². The molecule has 0 aliphatic carbocycles. The van der Waals surface area contributed by atoms with Crippen LogP contribution in [0.3, 0.4) is 0 Å². The smallest absolute Gasteiger partial charge is 0.263 e. The topological polar surface area (TPSA) is 90.6 Å². The number of aromatic nitrogens is 2. The zero-order valence-electron chi connectivity index (χ0n) is 19.5. The van der Waals surface area contributed by atoms with Gasteiger partial charge in [-0.3, -0.25) is 9.59 Å². The molecular weight excluding hydrogens is 450 g/mol.